The molecular formula is C18H21N5O2. The molecule has 0 unspecified atom stereocenters. The van der Waals surface area contributed by atoms with Gasteiger partial charge in [-0.05, 0) is 25.0 Å². The predicted octanol–water partition coefficient (Wildman–Crippen LogP) is 2.24. The molecule has 130 valence electrons. The Labute approximate surface area is 145 Å². The van der Waals surface area contributed by atoms with Gasteiger partial charge < -0.3 is 9.72 Å². The molecule has 0 amide bonds. The van der Waals surface area contributed by atoms with E-state index in [1.165, 1.54) is 0 Å². The van der Waals surface area contributed by atoms with Crippen LogP contribution in [0.4, 0.5) is 0 Å². The molecular weight excluding hydrogens is 318 g/mol. The molecule has 0 saturated heterocycles. The summed E-state index contributed by atoms with van der Waals surface area (Å²) < 4.78 is 7.52. The molecule has 25 heavy (non-hydrogen) atoms. The van der Waals surface area contributed by atoms with Crippen molar-refractivity contribution < 1.29 is 4.74 Å². The largest absolute Gasteiger partial charge is 0.379 e. The Morgan fingerprint density at radius 2 is 2.20 bits per heavy atom. The molecule has 0 radical (unpaired) electrons. The van der Waals surface area contributed by atoms with Crippen molar-refractivity contribution in [1.82, 2.24) is 24.7 Å². The monoisotopic (exact) mass is 339 g/mol. The zero-order chi connectivity index (χ0) is 17.2. The summed E-state index contributed by atoms with van der Waals surface area (Å²) in [6.45, 7) is 0. The van der Waals surface area contributed by atoms with E-state index in [1.54, 1.807) is 19.5 Å². The second-order valence-electron chi connectivity index (χ2n) is 6.46. The second kappa shape index (κ2) is 6.76. The summed E-state index contributed by atoms with van der Waals surface area (Å²) >= 11 is 0. The molecule has 1 N–H and O–H groups in total. The van der Waals surface area contributed by atoms with E-state index >= 15 is 0 Å². The van der Waals surface area contributed by atoms with Crippen LogP contribution >= 0.6 is 0 Å². The predicted molar refractivity (Wildman–Crippen MR) is 93.5 cm³/mol. The number of pyridine rings is 1. The fourth-order valence-corrected chi connectivity index (χ4v) is 3.61. The average molecular weight is 339 g/mol. The van der Waals surface area contributed by atoms with Gasteiger partial charge >= 0.3 is 0 Å². The maximum absolute atomic E-state index is 12.4. The summed E-state index contributed by atoms with van der Waals surface area (Å²) in [5.74, 6) is 0.600. The van der Waals surface area contributed by atoms with E-state index < -0.39 is 0 Å². The van der Waals surface area contributed by atoms with Gasteiger partial charge in [0, 0.05) is 25.4 Å². The molecule has 1 saturated carbocycles. The number of methoxy groups -OCH3 is 1. The summed E-state index contributed by atoms with van der Waals surface area (Å²) in [4.78, 5) is 24.3. The number of nitrogens with one attached hydrogen (secondary N) is 1. The SMILES string of the molecule is CO[C@H]1CCCC[C@H]1n1ncc2c(=O)[nH]c(Cc3ccccn3)nc21. The third-order valence-corrected chi connectivity index (χ3v) is 4.87. The number of aromatic amines is 1. The van der Waals surface area contributed by atoms with Crippen LogP contribution in [0.5, 0.6) is 0 Å². The van der Waals surface area contributed by atoms with Crippen LogP contribution in [0.15, 0.2) is 35.4 Å². The molecule has 0 aromatic carbocycles. The number of H-pyrrole nitrogens is 1. The molecule has 4 rings (SSSR count). The van der Waals surface area contributed by atoms with Crippen molar-refractivity contribution in [3.63, 3.8) is 0 Å². The van der Waals surface area contributed by atoms with Crippen molar-refractivity contribution in [2.75, 3.05) is 7.11 Å². The highest BCUT2D eigenvalue weighted by atomic mass is 16.5. The highest BCUT2D eigenvalue weighted by Crippen LogP contribution is 2.31. The summed E-state index contributed by atoms with van der Waals surface area (Å²) in [6.07, 6.45) is 8.22. The van der Waals surface area contributed by atoms with Gasteiger partial charge in [0.25, 0.3) is 5.56 Å². The second-order valence-corrected chi connectivity index (χ2v) is 6.46. The van der Waals surface area contributed by atoms with Gasteiger partial charge in [0.05, 0.1) is 18.3 Å². The van der Waals surface area contributed by atoms with Gasteiger partial charge in [0.2, 0.25) is 0 Å². The van der Waals surface area contributed by atoms with Gasteiger partial charge in [0.1, 0.15) is 11.2 Å². The minimum atomic E-state index is -0.160. The number of aromatic nitrogens is 5. The van der Waals surface area contributed by atoms with E-state index in [0.29, 0.717) is 23.3 Å². The van der Waals surface area contributed by atoms with E-state index in [4.69, 9.17) is 4.74 Å². The first-order valence-electron chi connectivity index (χ1n) is 8.65. The number of ether oxygens (including phenoxy) is 1. The van der Waals surface area contributed by atoms with E-state index in [-0.39, 0.29) is 17.7 Å². The maximum atomic E-state index is 12.4. The normalized spacial score (nSPS) is 20.8. The fraction of sp³-hybridized carbons (Fsp3) is 0.444. The zero-order valence-corrected chi connectivity index (χ0v) is 14.2. The topological polar surface area (TPSA) is 85.7 Å². The Bertz CT molecular complexity index is 918. The lowest BCUT2D eigenvalue weighted by Gasteiger charge is -2.30. The molecule has 7 nitrogen and oxygen atoms in total. The molecule has 0 bridgehead atoms. The van der Waals surface area contributed by atoms with E-state index in [1.807, 2.05) is 22.9 Å². The van der Waals surface area contributed by atoms with E-state index in [0.717, 1.165) is 31.4 Å². The summed E-state index contributed by atoms with van der Waals surface area (Å²) in [6, 6.07) is 5.83. The smallest absolute Gasteiger partial charge is 0.262 e. The standard InChI is InChI=1S/C18H21N5O2/c1-25-15-8-3-2-7-14(15)23-17-13(11-20-23)18(24)22-16(21-17)10-12-6-4-5-9-19-12/h4-6,9,11,14-15H,2-3,7-8,10H2,1H3,(H,21,22,24)/t14-,15+/m1/s1. The Balaban J connectivity index is 1.75. The van der Waals surface area contributed by atoms with Crippen LogP contribution in [0.25, 0.3) is 11.0 Å². The van der Waals surface area contributed by atoms with Gasteiger partial charge in [-0.3, -0.25) is 9.78 Å². The Morgan fingerprint density at radius 1 is 1.32 bits per heavy atom. The molecule has 0 aliphatic heterocycles. The van der Waals surface area contributed by atoms with Gasteiger partial charge in [-0.1, -0.05) is 18.9 Å². The third kappa shape index (κ3) is 3.07. The van der Waals surface area contributed by atoms with Crippen LogP contribution in [0.2, 0.25) is 0 Å². The third-order valence-electron chi connectivity index (χ3n) is 4.87. The first-order chi connectivity index (χ1) is 12.3. The van der Waals surface area contributed by atoms with E-state index in [9.17, 15) is 4.79 Å². The highest BCUT2D eigenvalue weighted by molar-refractivity contribution is 5.73. The number of nitrogens with zero attached hydrogens (tertiary/aromatic N) is 4. The summed E-state index contributed by atoms with van der Waals surface area (Å²) in [5, 5.41) is 4.98. The first kappa shape index (κ1) is 16.0. The molecule has 1 aliphatic rings. The molecule has 3 aromatic heterocycles. The van der Waals surface area contributed by atoms with E-state index in [2.05, 4.69) is 20.1 Å². The summed E-state index contributed by atoms with van der Waals surface area (Å²) in [7, 11) is 1.74. The molecule has 2 atom stereocenters. The first-order valence-corrected chi connectivity index (χ1v) is 8.65. The zero-order valence-electron chi connectivity index (χ0n) is 14.2. The van der Waals surface area contributed by atoms with Crippen LogP contribution in [-0.4, -0.2) is 37.9 Å². The van der Waals surface area contributed by atoms with Crippen molar-refractivity contribution in [2.24, 2.45) is 0 Å². The van der Waals surface area contributed by atoms with Crippen LogP contribution in [0.3, 0.4) is 0 Å². The minimum Gasteiger partial charge on any atom is -0.379 e. The van der Waals surface area contributed by atoms with Crippen LogP contribution in [0, 0.1) is 0 Å². The van der Waals surface area contributed by atoms with Gasteiger partial charge in [-0.2, -0.15) is 5.10 Å². The van der Waals surface area contributed by atoms with Gasteiger partial charge in [-0.15, -0.1) is 0 Å². The van der Waals surface area contributed by atoms with Gasteiger partial charge in [-0.25, -0.2) is 9.67 Å². The minimum absolute atomic E-state index is 0.108. The van der Waals surface area contributed by atoms with Crippen molar-refractivity contribution in [1.29, 1.82) is 0 Å². The molecule has 1 fully saturated rings. The molecule has 7 heteroatoms. The van der Waals surface area contributed by atoms with Crippen molar-refractivity contribution in [3.8, 4) is 0 Å². The van der Waals surface area contributed by atoms with Crippen LogP contribution in [0.1, 0.15) is 43.2 Å². The average Bonchev–Trinajstić information content (AvgIpc) is 3.07. The lowest BCUT2D eigenvalue weighted by atomic mass is 9.92. The Kier molecular flexibility index (Phi) is 4.31. The Morgan fingerprint density at radius 3 is 3.00 bits per heavy atom. The van der Waals surface area contributed by atoms with Crippen molar-refractivity contribution in [3.05, 3.63) is 52.5 Å². The number of hydrogen-bond donors (Lipinski definition) is 1. The van der Waals surface area contributed by atoms with Crippen molar-refractivity contribution >= 4 is 11.0 Å². The maximum Gasteiger partial charge on any atom is 0.262 e. The molecule has 0 spiro atoms. The van der Waals surface area contributed by atoms with Crippen molar-refractivity contribution in [2.45, 2.75) is 44.2 Å². The molecule has 3 aromatic rings. The quantitative estimate of drug-likeness (QED) is 0.788. The lowest BCUT2D eigenvalue weighted by molar-refractivity contribution is 0.0260. The molecule has 1 aliphatic carbocycles. The number of hydrogen-bond acceptors (Lipinski definition) is 5. The number of rotatable bonds is 4. The van der Waals surface area contributed by atoms with Gasteiger partial charge in [0.15, 0.2) is 5.65 Å². The molecule has 3 heterocycles. The lowest BCUT2D eigenvalue weighted by Crippen LogP contribution is -2.30. The van der Waals surface area contributed by atoms with Crippen LogP contribution in [-0.2, 0) is 11.2 Å². The summed E-state index contributed by atoms with van der Waals surface area (Å²) in [5.41, 5.74) is 1.33. The number of fused-ring (bicyclic) bond motifs is 1. The Hall–Kier alpha value is -2.54. The fourth-order valence-electron chi connectivity index (χ4n) is 3.61. The highest BCUT2D eigenvalue weighted by Gasteiger charge is 2.29. The van der Waals surface area contributed by atoms with Crippen LogP contribution < -0.4 is 5.56 Å².